The Kier molecular flexibility index (Phi) is 4.62. The smallest absolute Gasteiger partial charge is 0.289 e. The molecular formula is C8H9ClN4O3. The van der Waals surface area contributed by atoms with E-state index in [9.17, 15) is 9.59 Å². The second-order valence-corrected chi connectivity index (χ2v) is 3.05. The van der Waals surface area contributed by atoms with E-state index in [0.717, 1.165) is 0 Å². The van der Waals surface area contributed by atoms with E-state index in [2.05, 4.69) is 25.6 Å². The molecule has 0 aliphatic heterocycles. The maximum absolute atomic E-state index is 11.4. The monoisotopic (exact) mass is 244 g/mol. The maximum Gasteiger partial charge on any atom is 0.289 e. The van der Waals surface area contributed by atoms with Crippen LogP contribution in [-0.4, -0.2) is 35.5 Å². The fourth-order valence-corrected chi connectivity index (χ4v) is 0.885. The molecule has 16 heavy (non-hydrogen) atoms. The van der Waals surface area contributed by atoms with Crippen LogP contribution in [0.4, 0.5) is 0 Å². The molecule has 7 nitrogen and oxygen atoms in total. The van der Waals surface area contributed by atoms with Gasteiger partial charge in [-0.25, -0.2) is 9.97 Å². The van der Waals surface area contributed by atoms with E-state index in [1.165, 1.54) is 19.5 Å². The normalized spacial score (nSPS) is 9.62. The van der Waals surface area contributed by atoms with Crippen molar-refractivity contribution in [3.8, 4) is 0 Å². The Hall–Kier alpha value is -1.73. The fraction of sp³-hybridized carbons (Fsp3) is 0.250. The quantitative estimate of drug-likeness (QED) is 0.702. The number of carbonyl (C=O) groups excluding carboxylic acids is 2. The molecule has 0 bridgehead atoms. The Labute approximate surface area is 96.1 Å². The number of nitrogens with zero attached hydrogens (tertiary/aromatic N) is 2. The summed E-state index contributed by atoms with van der Waals surface area (Å²) in [6.45, 7) is -0.146. The van der Waals surface area contributed by atoms with Crippen molar-refractivity contribution in [1.82, 2.24) is 20.8 Å². The van der Waals surface area contributed by atoms with Crippen molar-refractivity contribution in [2.45, 2.75) is 0 Å². The largest absolute Gasteiger partial charge is 0.375 e. The Balaban J connectivity index is 2.47. The van der Waals surface area contributed by atoms with E-state index in [1.54, 1.807) is 0 Å². The summed E-state index contributed by atoms with van der Waals surface area (Å²) >= 11 is 5.49. The van der Waals surface area contributed by atoms with E-state index in [4.69, 9.17) is 11.6 Å². The topological polar surface area (TPSA) is 93.2 Å². The number of aromatic nitrogens is 2. The molecule has 0 fully saturated rings. The summed E-state index contributed by atoms with van der Waals surface area (Å²) in [5.74, 6) is -1.06. The van der Waals surface area contributed by atoms with Crippen LogP contribution in [0.5, 0.6) is 0 Å². The van der Waals surface area contributed by atoms with Crippen molar-refractivity contribution in [3.63, 3.8) is 0 Å². The van der Waals surface area contributed by atoms with Crippen LogP contribution in [-0.2, 0) is 9.53 Å². The van der Waals surface area contributed by atoms with Gasteiger partial charge >= 0.3 is 0 Å². The third kappa shape index (κ3) is 3.79. The number of methoxy groups -OCH3 is 1. The van der Waals surface area contributed by atoms with Gasteiger partial charge in [0.05, 0.1) is 12.4 Å². The molecule has 0 saturated heterocycles. The first kappa shape index (κ1) is 12.3. The summed E-state index contributed by atoms with van der Waals surface area (Å²) < 4.78 is 4.55. The van der Waals surface area contributed by atoms with Crippen LogP contribution in [0.3, 0.4) is 0 Å². The number of amides is 2. The standard InChI is InChI=1S/C8H9ClN4O3/c1-16-4-7(14)12-13-8(15)5-2-11-6(9)3-10-5/h2-3H,4H2,1H3,(H,12,14)(H,13,15). The Morgan fingerprint density at radius 3 is 2.69 bits per heavy atom. The number of hydrazine groups is 1. The fourth-order valence-electron chi connectivity index (χ4n) is 0.787. The van der Waals surface area contributed by atoms with Crippen molar-refractivity contribution in [2.75, 3.05) is 13.7 Å². The SMILES string of the molecule is COCC(=O)NNC(=O)c1cnc(Cl)cn1. The van der Waals surface area contributed by atoms with Crippen LogP contribution in [0, 0.1) is 0 Å². The average Bonchev–Trinajstić information content (AvgIpc) is 2.27. The second kappa shape index (κ2) is 5.99. The van der Waals surface area contributed by atoms with Gasteiger partial charge in [-0.1, -0.05) is 11.6 Å². The minimum absolute atomic E-state index is 0.0436. The molecule has 86 valence electrons. The molecule has 1 rings (SSSR count). The van der Waals surface area contributed by atoms with E-state index in [0.29, 0.717) is 0 Å². The van der Waals surface area contributed by atoms with Crippen molar-refractivity contribution < 1.29 is 14.3 Å². The van der Waals surface area contributed by atoms with Gasteiger partial charge in [-0.05, 0) is 0 Å². The highest BCUT2D eigenvalue weighted by molar-refractivity contribution is 6.29. The molecule has 1 aromatic rings. The van der Waals surface area contributed by atoms with Crippen molar-refractivity contribution in [3.05, 3.63) is 23.2 Å². The van der Waals surface area contributed by atoms with Gasteiger partial charge in [0.25, 0.3) is 11.8 Å². The van der Waals surface area contributed by atoms with Gasteiger partial charge in [-0.2, -0.15) is 0 Å². The molecule has 0 radical (unpaired) electrons. The first-order valence-electron chi connectivity index (χ1n) is 4.19. The predicted octanol–water partition coefficient (Wildman–Crippen LogP) is -0.463. The molecule has 0 aromatic carbocycles. The Morgan fingerprint density at radius 2 is 2.12 bits per heavy atom. The summed E-state index contributed by atoms with van der Waals surface area (Å²) in [6, 6.07) is 0. The first-order valence-corrected chi connectivity index (χ1v) is 4.57. The summed E-state index contributed by atoms with van der Waals surface area (Å²) in [5.41, 5.74) is 4.31. The summed E-state index contributed by atoms with van der Waals surface area (Å²) in [5, 5.41) is 0.181. The summed E-state index contributed by atoms with van der Waals surface area (Å²) in [7, 11) is 1.37. The van der Waals surface area contributed by atoms with Gasteiger partial charge in [0, 0.05) is 7.11 Å². The molecular weight excluding hydrogens is 236 g/mol. The van der Waals surface area contributed by atoms with Crippen molar-refractivity contribution in [2.24, 2.45) is 0 Å². The zero-order valence-corrected chi connectivity index (χ0v) is 9.11. The molecule has 1 heterocycles. The summed E-state index contributed by atoms with van der Waals surface area (Å²) in [6.07, 6.45) is 2.42. The number of halogens is 1. The molecule has 0 aliphatic rings. The van der Waals surface area contributed by atoms with Crippen LogP contribution in [0.25, 0.3) is 0 Å². The van der Waals surface area contributed by atoms with E-state index in [1.807, 2.05) is 0 Å². The third-order valence-corrected chi connectivity index (χ3v) is 1.64. The van der Waals surface area contributed by atoms with Gasteiger partial charge < -0.3 is 4.74 Å². The molecule has 8 heteroatoms. The number of rotatable bonds is 3. The molecule has 0 saturated carbocycles. The van der Waals surface area contributed by atoms with Gasteiger partial charge in [-0.15, -0.1) is 0 Å². The molecule has 2 amide bonds. The minimum atomic E-state index is -0.589. The highest BCUT2D eigenvalue weighted by Gasteiger charge is 2.08. The van der Waals surface area contributed by atoms with E-state index >= 15 is 0 Å². The van der Waals surface area contributed by atoms with E-state index < -0.39 is 11.8 Å². The lowest BCUT2D eigenvalue weighted by atomic mass is 10.4. The average molecular weight is 245 g/mol. The molecule has 0 unspecified atom stereocenters. The lowest BCUT2D eigenvalue weighted by Crippen LogP contribution is -2.43. The maximum atomic E-state index is 11.4. The molecule has 0 aliphatic carbocycles. The minimum Gasteiger partial charge on any atom is -0.375 e. The van der Waals surface area contributed by atoms with Gasteiger partial charge in [-0.3, -0.25) is 20.4 Å². The van der Waals surface area contributed by atoms with Crippen LogP contribution in [0.2, 0.25) is 5.15 Å². The number of ether oxygens (including phenoxy) is 1. The number of hydrogen-bond acceptors (Lipinski definition) is 5. The third-order valence-electron chi connectivity index (χ3n) is 1.44. The Bertz CT molecular complexity index is 381. The first-order chi connectivity index (χ1) is 7.63. The van der Waals surface area contributed by atoms with E-state index in [-0.39, 0.29) is 17.5 Å². The molecule has 0 spiro atoms. The number of carbonyl (C=O) groups is 2. The lowest BCUT2D eigenvalue weighted by Gasteiger charge is -2.05. The van der Waals surface area contributed by atoms with Crippen LogP contribution in [0.15, 0.2) is 12.4 Å². The Morgan fingerprint density at radius 1 is 1.38 bits per heavy atom. The van der Waals surface area contributed by atoms with Crippen molar-refractivity contribution >= 4 is 23.4 Å². The van der Waals surface area contributed by atoms with Gasteiger partial charge in [0.15, 0.2) is 0 Å². The second-order valence-electron chi connectivity index (χ2n) is 2.66. The number of hydrogen-bond donors (Lipinski definition) is 2. The highest BCUT2D eigenvalue weighted by atomic mass is 35.5. The lowest BCUT2D eigenvalue weighted by molar-refractivity contribution is -0.125. The zero-order chi connectivity index (χ0) is 12.0. The predicted molar refractivity (Wildman–Crippen MR) is 54.5 cm³/mol. The zero-order valence-electron chi connectivity index (χ0n) is 8.36. The van der Waals surface area contributed by atoms with Gasteiger partial charge in [0.1, 0.15) is 17.5 Å². The molecule has 0 atom stereocenters. The van der Waals surface area contributed by atoms with Crippen LogP contribution >= 0.6 is 11.6 Å². The summed E-state index contributed by atoms with van der Waals surface area (Å²) in [4.78, 5) is 29.7. The highest BCUT2D eigenvalue weighted by Crippen LogP contribution is 2.00. The molecule has 2 N–H and O–H groups in total. The van der Waals surface area contributed by atoms with Gasteiger partial charge in [0.2, 0.25) is 0 Å². The number of nitrogens with one attached hydrogen (secondary N) is 2. The van der Waals surface area contributed by atoms with Crippen LogP contribution in [0.1, 0.15) is 10.5 Å². The van der Waals surface area contributed by atoms with Crippen molar-refractivity contribution in [1.29, 1.82) is 0 Å². The molecule has 1 aromatic heterocycles. The van der Waals surface area contributed by atoms with Crippen LogP contribution < -0.4 is 10.9 Å².